The van der Waals surface area contributed by atoms with Crippen molar-refractivity contribution in [2.45, 2.75) is 19.3 Å². The third-order valence-corrected chi connectivity index (χ3v) is 4.35. The lowest BCUT2D eigenvalue weighted by atomic mass is 10.1. The minimum Gasteiger partial charge on any atom is -0.454 e. The second-order valence-corrected chi connectivity index (χ2v) is 6.13. The van der Waals surface area contributed by atoms with Gasteiger partial charge < -0.3 is 29.6 Å². The second-order valence-electron chi connectivity index (χ2n) is 6.13. The first-order valence-electron chi connectivity index (χ1n) is 9.00. The largest absolute Gasteiger partial charge is 0.454 e. The van der Waals surface area contributed by atoms with E-state index in [2.05, 4.69) is 20.4 Å². The van der Waals surface area contributed by atoms with Gasteiger partial charge in [0.05, 0.1) is 6.10 Å². The zero-order valence-electron chi connectivity index (χ0n) is 16.6. The van der Waals surface area contributed by atoms with Gasteiger partial charge in [0.15, 0.2) is 17.5 Å². The van der Waals surface area contributed by atoms with Gasteiger partial charge in [-0.1, -0.05) is 30.3 Å². The van der Waals surface area contributed by atoms with Crippen LogP contribution in [0.15, 0.2) is 47.5 Å². The van der Waals surface area contributed by atoms with Crippen LogP contribution in [0.2, 0.25) is 0 Å². The van der Waals surface area contributed by atoms with Crippen LogP contribution < -0.4 is 24.8 Å². The van der Waals surface area contributed by atoms with Crippen molar-refractivity contribution in [3.05, 3.63) is 53.6 Å². The van der Waals surface area contributed by atoms with Gasteiger partial charge in [-0.25, -0.2) is 0 Å². The van der Waals surface area contributed by atoms with E-state index in [1.165, 1.54) is 6.07 Å². The lowest BCUT2D eigenvalue weighted by Gasteiger charge is -2.19. The van der Waals surface area contributed by atoms with Crippen molar-refractivity contribution in [3.63, 3.8) is 0 Å². The average Bonchev–Trinajstić information content (AvgIpc) is 3.18. The van der Waals surface area contributed by atoms with Crippen LogP contribution in [-0.4, -0.2) is 40.1 Å². The number of hydrogen-bond donors (Lipinski definition) is 2. The fraction of sp³-hybridized carbons (Fsp3) is 0.350. The molecule has 1 unspecified atom stereocenters. The van der Waals surface area contributed by atoms with Crippen molar-refractivity contribution < 1.29 is 27.7 Å². The topological polar surface area (TPSA) is 73.3 Å². The summed E-state index contributed by atoms with van der Waals surface area (Å²) in [7, 11) is 3.26. The van der Waals surface area contributed by atoms with Crippen molar-refractivity contribution >= 4 is 29.9 Å². The van der Waals surface area contributed by atoms with Gasteiger partial charge in [0.25, 0.3) is 0 Å². The Morgan fingerprint density at radius 3 is 2.47 bits per heavy atom. The van der Waals surface area contributed by atoms with Crippen molar-refractivity contribution in [2.75, 3.05) is 27.5 Å². The Morgan fingerprint density at radius 1 is 1.13 bits per heavy atom. The summed E-state index contributed by atoms with van der Waals surface area (Å²) in [6.07, 6.45) is -0.168. The predicted molar refractivity (Wildman–Crippen MR) is 119 cm³/mol. The van der Waals surface area contributed by atoms with Gasteiger partial charge in [-0.15, -0.1) is 24.0 Å². The third kappa shape index (κ3) is 6.33. The molecule has 0 amide bonds. The minimum absolute atomic E-state index is 0. The number of alkyl halides is 2. The Hall–Kier alpha value is -2.34. The summed E-state index contributed by atoms with van der Waals surface area (Å²) in [6.45, 7) is -2.23. The van der Waals surface area contributed by atoms with Gasteiger partial charge in [0.1, 0.15) is 5.75 Å². The summed E-state index contributed by atoms with van der Waals surface area (Å²) in [6, 6.07) is 12.8. The molecule has 2 N–H and O–H groups in total. The van der Waals surface area contributed by atoms with Gasteiger partial charge in [-0.3, -0.25) is 4.99 Å². The Balaban J connectivity index is 0.00000320. The van der Waals surface area contributed by atoms with Crippen LogP contribution in [0.25, 0.3) is 0 Å². The number of aliphatic imine (C=N–C) groups is 1. The predicted octanol–water partition coefficient (Wildman–Crippen LogP) is 3.69. The molecule has 1 aliphatic rings. The SMILES string of the molecule is CN=C(NCc1cc2c(cc1OC(F)F)OCO2)NCC(OC)c1ccccc1.I. The summed E-state index contributed by atoms with van der Waals surface area (Å²) >= 11 is 0. The Bertz CT molecular complexity index is 840. The summed E-state index contributed by atoms with van der Waals surface area (Å²) in [4.78, 5) is 4.16. The number of ether oxygens (including phenoxy) is 4. The van der Waals surface area contributed by atoms with Crippen LogP contribution >= 0.6 is 24.0 Å². The van der Waals surface area contributed by atoms with E-state index >= 15 is 0 Å². The summed E-state index contributed by atoms with van der Waals surface area (Å²) in [5, 5.41) is 6.25. The fourth-order valence-electron chi connectivity index (χ4n) is 2.90. The van der Waals surface area contributed by atoms with Crippen LogP contribution in [-0.2, 0) is 11.3 Å². The highest BCUT2D eigenvalue weighted by molar-refractivity contribution is 14.0. The lowest BCUT2D eigenvalue weighted by molar-refractivity contribution is -0.0505. The monoisotopic (exact) mass is 535 g/mol. The molecule has 0 radical (unpaired) electrons. The van der Waals surface area contributed by atoms with Gasteiger partial charge in [0.2, 0.25) is 6.79 Å². The van der Waals surface area contributed by atoms with E-state index < -0.39 is 6.61 Å². The van der Waals surface area contributed by atoms with Gasteiger partial charge in [-0.2, -0.15) is 8.78 Å². The first kappa shape index (κ1) is 23.9. The number of hydrogen-bond acceptors (Lipinski definition) is 5. The van der Waals surface area contributed by atoms with Crippen LogP contribution in [0.1, 0.15) is 17.2 Å². The number of methoxy groups -OCH3 is 1. The minimum atomic E-state index is -2.94. The maximum atomic E-state index is 12.8. The van der Waals surface area contributed by atoms with Crippen LogP contribution in [0.5, 0.6) is 17.2 Å². The van der Waals surface area contributed by atoms with E-state index in [0.717, 1.165) is 5.56 Å². The number of guanidine groups is 1. The highest BCUT2D eigenvalue weighted by Crippen LogP contribution is 2.38. The van der Waals surface area contributed by atoms with Crippen LogP contribution in [0.4, 0.5) is 8.78 Å². The molecule has 1 aliphatic heterocycles. The molecule has 0 fully saturated rings. The molecule has 2 aromatic carbocycles. The molecule has 2 aromatic rings. The molecule has 164 valence electrons. The molecule has 30 heavy (non-hydrogen) atoms. The van der Waals surface area contributed by atoms with Crippen molar-refractivity contribution in [3.8, 4) is 17.2 Å². The van der Waals surface area contributed by atoms with E-state index in [1.54, 1.807) is 20.2 Å². The molecular weight excluding hydrogens is 511 g/mol. The maximum absolute atomic E-state index is 12.8. The molecule has 1 atom stereocenters. The zero-order chi connectivity index (χ0) is 20.6. The Labute approximate surface area is 190 Å². The highest BCUT2D eigenvalue weighted by Gasteiger charge is 2.20. The lowest BCUT2D eigenvalue weighted by Crippen LogP contribution is -2.39. The number of benzene rings is 2. The van der Waals surface area contributed by atoms with Gasteiger partial charge >= 0.3 is 6.61 Å². The van der Waals surface area contributed by atoms with Crippen molar-refractivity contribution in [1.82, 2.24) is 10.6 Å². The summed E-state index contributed by atoms with van der Waals surface area (Å²) in [5.74, 6) is 1.36. The summed E-state index contributed by atoms with van der Waals surface area (Å²) in [5.41, 5.74) is 1.52. The third-order valence-electron chi connectivity index (χ3n) is 4.35. The molecular formula is C20H24F2IN3O4. The number of halogens is 3. The number of nitrogens with zero attached hydrogens (tertiary/aromatic N) is 1. The van der Waals surface area contributed by atoms with Crippen molar-refractivity contribution in [1.29, 1.82) is 0 Å². The maximum Gasteiger partial charge on any atom is 0.387 e. The molecule has 0 saturated heterocycles. The molecule has 0 spiro atoms. The highest BCUT2D eigenvalue weighted by atomic mass is 127. The van der Waals surface area contributed by atoms with Crippen LogP contribution in [0.3, 0.4) is 0 Å². The summed E-state index contributed by atoms with van der Waals surface area (Å²) < 4.78 is 46.2. The number of fused-ring (bicyclic) bond motifs is 1. The molecule has 0 saturated carbocycles. The first-order valence-corrected chi connectivity index (χ1v) is 9.00. The van der Waals surface area contributed by atoms with E-state index in [1.807, 2.05) is 30.3 Å². The molecule has 1 heterocycles. The molecule has 3 rings (SSSR count). The number of nitrogens with one attached hydrogen (secondary N) is 2. The fourth-order valence-corrected chi connectivity index (χ4v) is 2.90. The molecule has 0 aliphatic carbocycles. The molecule has 10 heteroatoms. The Morgan fingerprint density at radius 2 is 1.83 bits per heavy atom. The molecule has 0 bridgehead atoms. The van der Waals surface area contributed by atoms with Crippen molar-refractivity contribution in [2.24, 2.45) is 4.99 Å². The molecule has 0 aromatic heterocycles. The second kappa shape index (κ2) is 11.7. The van der Waals surface area contributed by atoms with E-state index in [0.29, 0.717) is 29.6 Å². The van der Waals surface area contributed by atoms with E-state index in [-0.39, 0.29) is 49.2 Å². The average molecular weight is 535 g/mol. The van der Waals surface area contributed by atoms with E-state index in [9.17, 15) is 8.78 Å². The van der Waals surface area contributed by atoms with E-state index in [4.69, 9.17) is 14.2 Å². The normalized spacial score (nSPS) is 13.6. The number of rotatable bonds is 8. The van der Waals surface area contributed by atoms with Crippen LogP contribution in [0, 0.1) is 0 Å². The standard InChI is InChI=1S/C20H23F2N3O4.HI/c1-23-20(25-11-18(26-2)13-6-4-3-5-7-13)24-10-14-8-16-17(28-12-27-16)9-15(14)29-19(21)22;/h3-9,18-19H,10-12H2,1-2H3,(H2,23,24,25);1H. The Kier molecular flexibility index (Phi) is 9.37. The quantitative estimate of drug-likeness (QED) is 0.306. The smallest absolute Gasteiger partial charge is 0.387 e. The zero-order valence-corrected chi connectivity index (χ0v) is 18.9. The van der Waals surface area contributed by atoms with Gasteiger partial charge in [-0.05, 0) is 11.6 Å². The van der Waals surface area contributed by atoms with Gasteiger partial charge in [0, 0.05) is 38.9 Å². The molecule has 7 nitrogen and oxygen atoms in total. The first-order chi connectivity index (χ1) is 14.1.